The SMILES string of the molecule is CC(C)N(C)C(=O)C1CCN(c2nc3c(cnn3C(C)(C)C)c(=O)[nH]2)CC1. The number of piperidine rings is 1. The van der Waals surface area contributed by atoms with Crippen LogP contribution in [0.4, 0.5) is 5.95 Å². The number of fused-ring (bicyclic) bond motifs is 1. The molecule has 1 aliphatic heterocycles. The number of hydrogen-bond donors (Lipinski definition) is 1. The van der Waals surface area contributed by atoms with Crippen LogP contribution in [0.5, 0.6) is 0 Å². The molecule has 0 saturated carbocycles. The molecule has 0 aromatic carbocycles. The number of anilines is 1. The van der Waals surface area contributed by atoms with E-state index in [0.717, 1.165) is 12.8 Å². The largest absolute Gasteiger partial charge is 0.343 e. The van der Waals surface area contributed by atoms with E-state index < -0.39 is 0 Å². The molecule has 2 aromatic heterocycles. The van der Waals surface area contributed by atoms with Crippen LogP contribution in [0.3, 0.4) is 0 Å². The number of H-pyrrole nitrogens is 1. The summed E-state index contributed by atoms with van der Waals surface area (Å²) in [7, 11) is 1.86. The van der Waals surface area contributed by atoms with E-state index in [-0.39, 0.29) is 29.0 Å². The van der Waals surface area contributed by atoms with Gasteiger partial charge in [-0.3, -0.25) is 14.6 Å². The molecule has 1 aliphatic rings. The molecule has 8 nitrogen and oxygen atoms in total. The fraction of sp³-hybridized carbons (Fsp3) is 0.684. The molecule has 0 spiro atoms. The van der Waals surface area contributed by atoms with Gasteiger partial charge in [-0.25, -0.2) is 4.68 Å². The second-order valence-electron chi connectivity index (χ2n) is 8.66. The van der Waals surface area contributed by atoms with Gasteiger partial charge in [0.05, 0.1) is 11.7 Å². The molecule has 2 aromatic rings. The van der Waals surface area contributed by atoms with E-state index in [1.54, 1.807) is 10.9 Å². The van der Waals surface area contributed by atoms with Crippen molar-refractivity contribution in [2.75, 3.05) is 25.0 Å². The van der Waals surface area contributed by atoms with E-state index in [1.165, 1.54) is 0 Å². The molecule has 0 bridgehead atoms. The molecule has 0 radical (unpaired) electrons. The minimum atomic E-state index is -0.263. The highest BCUT2D eigenvalue weighted by Gasteiger charge is 2.29. The zero-order chi connectivity index (χ0) is 19.9. The average Bonchev–Trinajstić information content (AvgIpc) is 3.05. The van der Waals surface area contributed by atoms with Gasteiger partial charge in [-0.1, -0.05) is 0 Å². The Hall–Kier alpha value is -2.38. The Labute approximate surface area is 159 Å². The Morgan fingerprint density at radius 1 is 1.30 bits per heavy atom. The molecule has 3 heterocycles. The summed E-state index contributed by atoms with van der Waals surface area (Å²) in [4.78, 5) is 36.5. The molecular weight excluding hydrogens is 344 g/mol. The lowest BCUT2D eigenvalue weighted by atomic mass is 9.95. The van der Waals surface area contributed by atoms with Gasteiger partial charge >= 0.3 is 0 Å². The van der Waals surface area contributed by atoms with Crippen LogP contribution in [0.15, 0.2) is 11.0 Å². The first kappa shape index (κ1) is 19.4. The first-order valence-electron chi connectivity index (χ1n) is 9.59. The number of aromatic amines is 1. The van der Waals surface area contributed by atoms with Gasteiger partial charge < -0.3 is 9.80 Å². The Morgan fingerprint density at radius 2 is 1.93 bits per heavy atom. The molecule has 0 aliphatic carbocycles. The first-order chi connectivity index (χ1) is 12.6. The molecule has 8 heteroatoms. The maximum absolute atomic E-state index is 12.6. The summed E-state index contributed by atoms with van der Waals surface area (Å²) < 4.78 is 1.79. The highest BCUT2D eigenvalue weighted by atomic mass is 16.2. The summed E-state index contributed by atoms with van der Waals surface area (Å²) in [6.45, 7) is 11.5. The van der Waals surface area contributed by atoms with Crippen LogP contribution in [-0.2, 0) is 10.3 Å². The van der Waals surface area contributed by atoms with Crippen molar-refractivity contribution in [2.24, 2.45) is 5.92 Å². The van der Waals surface area contributed by atoms with Crippen molar-refractivity contribution in [1.29, 1.82) is 0 Å². The number of nitrogens with one attached hydrogen (secondary N) is 1. The minimum absolute atomic E-state index is 0.0317. The van der Waals surface area contributed by atoms with E-state index >= 15 is 0 Å². The van der Waals surface area contributed by atoms with Crippen LogP contribution in [0, 0.1) is 5.92 Å². The van der Waals surface area contributed by atoms with Gasteiger partial charge in [0.1, 0.15) is 5.39 Å². The Morgan fingerprint density at radius 3 is 2.48 bits per heavy atom. The van der Waals surface area contributed by atoms with Crippen molar-refractivity contribution in [3.05, 3.63) is 16.6 Å². The van der Waals surface area contributed by atoms with E-state index in [1.807, 2.05) is 46.6 Å². The molecule has 148 valence electrons. The number of amides is 1. The summed E-state index contributed by atoms with van der Waals surface area (Å²) in [5, 5.41) is 4.85. The van der Waals surface area contributed by atoms with E-state index in [4.69, 9.17) is 4.98 Å². The van der Waals surface area contributed by atoms with Crippen molar-refractivity contribution in [1.82, 2.24) is 24.6 Å². The first-order valence-corrected chi connectivity index (χ1v) is 9.59. The Balaban J connectivity index is 1.81. The summed E-state index contributed by atoms with van der Waals surface area (Å²) in [6.07, 6.45) is 3.09. The molecule has 1 saturated heterocycles. The molecule has 1 fully saturated rings. The lowest BCUT2D eigenvalue weighted by Crippen LogP contribution is -2.44. The van der Waals surface area contributed by atoms with Crippen molar-refractivity contribution in [3.63, 3.8) is 0 Å². The highest BCUT2D eigenvalue weighted by molar-refractivity contribution is 5.79. The number of nitrogens with zero attached hydrogens (tertiary/aromatic N) is 5. The third-order valence-corrected chi connectivity index (χ3v) is 5.33. The topological polar surface area (TPSA) is 87.1 Å². The zero-order valence-electron chi connectivity index (χ0n) is 17.1. The number of rotatable bonds is 3. The van der Waals surface area contributed by atoms with Crippen LogP contribution in [-0.4, -0.2) is 56.7 Å². The predicted molar refractivity (Wildman–Crippen MR) is 106 cm³/mol. The molecule has 3 rings (SSSR count). The van der Waals surface area contributed by atoms with Gasteiger partial charge in [-0.2, -0.15) is 10.1 Å². The van der Waals surface area contributed by atoms with Crippen LogP contribution in [0.25, 0.3) is 11.0 Å². The van der Waals surface area contributed by atoms with Crippen molar-refractivity contribution in [2.45, 2.75) is 59.0 Å². The van der Waals surface area contributed by atoms with Gasteiger partial charge in [0, 0.05) is 32.1 Å². The van der Waals surface area contributed by atoms with Crippen molar-refractivity contribution in [3.8, 4) is 0 Å². The van der Waals surface area contributed by atoms with Gasteiger partial charge in [0.25, 0.3) is 5.56 Å². The monoisotopic (exact) mass is 374 g/mol. The maximum Gasteiger partial charge on any atom is 0.263 e. The van der Waals surface area contributed by atoms with Crippen LogP contribution >= 0.6 is 0 Å². The molecule has 1 N–H and O–H groups in total. The molecule has 1 amide bonds. The highest BCUT2D eigenvalue weighted by Crippen LogP contribution is 2.24. The standard InChI is InChI=1S/C19H30N6O2/c1-12(2)23(6)17(27)13-7-9-24(10-8-13)18-21-15-14(16(26)22-18)11-20-25(15)19(3,4)5/h11-13H,7-10H2,1-6H3,(H,21,22,26). The fourth-order valence-corrected chi connectivity index (χ4v) is 3.43. The summed E-state index contributed by atoms with van der Waals surface area (Å²) in [6, 6.07) is 0.202. The number of aromatic nitrogens is 4. The van der Waals surface area contributed by atoms with Crippen molar-refractivity contribution < 1.29 is 4.79 Å². The van der Waals surface area contributed by atoms with Crippen molar-refractivity contribution >= 4 is 22.9 Å². The number of carbonyl (C=O) groups excluding carboxylic acids is 1. The normalized spacial score (nSPS) is 16.3. The Bertz CT molecular complexity index is 884. The average molecular weight is 374 g/mol. The van der Waals surface area contributed by atoms with E-state index in [2.05, 4.69) is 15.0 Å². The molecule has 0 atom stereocenters. The number of carbonyl (C=O) groups is 1. The molecule has 27 heavy (non-hydrogen) atoms. The quantitative estimate of drug-likeness (QED) is 0.887. The minimum Gasteiger partial charge on any atom is -0.343 e. The third-order valence-electron chi connectivity index (χ3n) is 5.33. The van der Waals surface area contributed by atoms with Crippen LogP contribution in [0.2, 0.25) is 0 Å². The summed E-state index contributed by atoms with van der Waals surface area (Å²) in [5.41, 5.74) is 0.155. The van der Waals surface area contributed by atoms with Gasteiger partial charge in [0.2, 0.25) is 11.9 Å². The summed E-state index contributed by atoms with van der Waals surface area (Å²) >= 11 is 0. The predicted octanol–water partition coefficient (Wildman–Crippen LogP) is 1.96. The van der Waals surface area contributed by atoms with Crippen LogP contribution in [0.1, 0.15) is 47.5 Å². The zero-order valence-corrected chi connectivity index (χ0v) is 17.1. The maximum atomic E-state index is 12.6. The lowest BCUT2D eigenvalue weighted by molar-refractivity contribution is -0.136. The van der Waals surface area contributed by atoms with Gasteiger partial charge in [-0.15, -0.1) is 0 Å². The lowest BCUT2D eigenvalue weighted by Gasteiger charge is -2.34. The molecular formula is C19H30N6O2. The Kier molecular flexibility index (Phi) is 5.01. The fourth-order valence-electron chi connectivity index (χ4n) is 3.43. The van der Waals surface area contributed by atoms with Gasteiger partial charge in [-0.05, 0) is 47.5 Å². The number of hydrogen-bond acceptors (Lipinski definition) is 5. The molecule has 0 unspecified atom stereocenters. The smallest absolute Gasteiger partial charge is 0.263 e. The van der Waals surface area contributed by atoms with E-state index in [9.17, 15) is 9.59 Å². The van der Waals surface area contributed by atoms with Gasteiger partial charge in [0.15, 0.2) is 5.65 Å². The summed E-state index contributed by atoms with van der Waals surface area (Å²) in [5.74, 6) is 0.790. The second kappa shape index (κ2) is 6.98. The second-order valence-corrected chi connectivity index (χ2v) is 8.66. The van der Waals surface area contributed by atoms with E-state index in [0.29, 0.717) is 30.1 Å². The third kappa shape index (κ3) is 3.70. The van der Waals surface area contributed by atoms with Crippen LogP contribution < -0.4 is 10.5 Å².